The number of aromatic nitrogens is 1. The van der Waals surface area contributed by atoms with Crippen LogP contribution in [0.2, 0.25) is 0 Å². The molecule has 1 aromatic heterocycles. The minimum Gasteiger partial charge on any atom is -0.305 e. The van der Waals surface area contributed by atoms with Crippen LogP contribution in [0.3, 0.4) is 0 Å². The zero-order valence-corrected chi connectivity index (χ0v) is 12.0. The summed E-state index contributed by atoms with van der Waals surface area (Å²) in [6.45, 7) is 7.42. The summed E-state index contributed by atoms with van der Waals surface area (Å²) in [6.07, 6.45) is 3.01. The quantitative estimate of drug-likeness (QED) is 0.878. The highest BCUT2D eigenvalue weighted by Crippen LogP contribution is 2.21. The second kappa shape index (κ2) is 6.48. The van der Waals surface area contributed by atoms with Crippen molar-refractivity contribution in [2.45, 2.75) is 33.2 Å². The van der Waals surface area contributed by atoms with Gasteiger partial charge in [-0.1, -0.05) is 36.8 Å². The molecule has 1 heterocycles. The number of nitrogens with one attached hydrogen (secondary N) is 1. The van der Waals surface area contributed by atoms with Crippen molar-refractivity contribution in [2.24, 2.45) is 0 Å². The predicted octanol–water partition coefficient (Wildman–Crippen LogP) is 3.79. The number of rotatable bonds is 5. The van der Waals surface area contributed by atoms with Gasteiger partial charge in [0.15, 0.2) is 0 Å². The molecule has 0 amide bonds. The van der Waals surface area contributed by atoms with E-state index in [0.717, 1.165) is 18.7 Å². The van der Waals surface area contributed by atoms with E-state index < -0.39 is 0 Å². The van der Waals surface area contributed by atoms with E-state index in [4.69, 9.17) is 0 Å². The summed E-state index contributed by atoms with van der Waals surface area (Å²) in [4.78, 5) is 4.54. The van der Waals surface area contributed by atoms with Gasteiger partial charge in [-0.05, 0) is 50.1 Å². The van der Waals surface area contributed by atoms with Crippen LogP contribution in [0.1, 0.15) is 41.8 Å². The van der Waals surface area contributed by atoms with Crippen LogP contribution in [0.25, 0.3) is 0 Å². The van der Waals surface area contributed by atoms with E-state index in [-0.39, 0.29) is 6.04 Å². The third-order valence-corrected chi connectivity index (χ3v) is 3.21. The highest BCUT2D eigenvalue weighted by atomic mass is 14.9. The van der Waals surface area contributed by atoms with Gasteiger partial charge in [-0.15, -0.1) is 0 Å². The first-order chi connectivity index (χ1) is 9.20. The Bertz CT molecular complexity index is 489. The first-order valence-electron chi connectivity index (χ1n) is 6.93. The molecular formula is C17H22N2. The second-order valence-electron chi connectivity index (χ2n) is 5.06. The van der Waals surface area contributed by atoms with Crippen molar-refractivity contribution in [2.75, 3.05) is 6.54 Å². The van der Waals surface area contributed by atoms with Gasteiger partial charge < -0.3 is 5.32 Å². The van der Waals surface area contributed by atoms with Crippen LogP contribution in [-0.2, 0) is 0 Å². The van der Waals surface area contributed by atoms with E-state index in [0.29, 0.717) is 0 Å². The summed E-state index contributed by atoms with van der Waals surface area (Å²) in [5, 5.41) is 3.59. The summed E-state index contributed by atoms with van der Waals surface area (Å²) in [5.74, 6) is 0. The minimum absolute atomic E-state index is 0.180. The molecular weight excluding hydrogens is 232 g/mol. The van der Waals surface area contributed by atoms with E-state index in [1.165, 1.54) is 16.7 Å². The lowest BCUT2D eigenvalue weighted by Gasteiger charge is -2.19. The van der Waals surface area contributed by atoms with E-state index in [2.05, 4.69) is 61.4 Å². The van der Waals surface area contributed by atoms with Crippen molar-refractivity contribution in [1.29, 1.82) is 0 Å². The van der Waals surface area contributed by atoms with Gasteiger partial charge in [0.2, 0.25) is 0 Å². The first kappa shape index (κ1) is 13.8. The van der Waals surface area contributed by atoms with Crippen LogP contribution in [0.4, 0.5) is 0 Å². The van der Waals surface area contributed by atoms with Crippen molar-refractivity contribution in [3.8, 4) is 0 Å². The Labute approximate surface area is 115 Å². The van der Waals surface area contributed by atoms with E-state index >= 15 is 0 Å². The van der Waals surface area contributed by atoms with Crippen LogP contribution in [0.15, 0.2) is 42.6 Å². The van der Waals surface area contributed by atoms with Crippen LogP contribution < -0.4 is 5.32 Å². The molecule has 0 saturated carbocycles. The fourth-order valence-electron chi connectivity index (χ4n) is 2.25. The molecule has 0 fully saturated rings. The smallest absolute Gasteiger partial charge is 0.0751 e. The summed E-state index contributed by atoms with van der Waals surface area (Å²) < 4.78 is 0. The maximum atomic E-state index is 4.54. The van der Waals surface area contributed by atoms with Gasteiger partial charge in [-0.3, -0.25) is 4.98 Å². The van der Waals surface area contributed by atoms with Crippen LogP contribution in [0, 0.1) is 13.8 Å². The molecule has 2 rings (SSSR count). The second-order valence-corrected chi connectivity index (χ2v) is 5.06. The third kappa shape index (κ3) is 3.65. The number of hydrogen-bond donors (Lipinski definition) is 1. The van der Waals surface area contributed by atoms with Crippen molar-refractivity contribution in [3.05, 3.63) is 65.0 Å². The Morgan fingerprint density at radius 2 is 1.89 bits per heavy atom. The standard InChI is InChI=1S/C17H22N2/c1-4-9-19-17(15-7-5-6-13(2)11-15)16-12-14(3)8-10-18-16/h5-8,10-12,17,19H,4,9H2,1-3H3. The molecule has 0 aliphatic heterocycles. The maximum absolute atomic E-state index is 4.54. The summed E-state index contributed by atoms with van der Waals surface area (Å²) in [5.41, 5.74) is 4.92. The van der Waals surface area contributed by atoms with Gasteiger partial charge in [-0.2, -0.15) is 0 Å². The van der Waals surface area contributed by atoms with Gasteiger partial charge in [0.25, 0.3) is 0 Å². The lowest BCUT2D eigenvalue weighted by molar-refractivity contribution is 0.586. The van der Waals surface area contributed by atoms with E-state index in [1.54, 1.807) is 0 Å². The molecule has 0 aliphatic carbocycles. The normalized spacial score (nSPS) is 12.4. The fraction of sp³-hybridized carbons (Fsp3) is 0.353. The van der Waals surface area contributed by atoms with E-state index in [9.17, 15) is 0 Å². The highest BCUT2D eigenvalue weighted by Gasteiger charge is 2.14. The number of benzene rings is 1. The largest absolute Gasteiger partial charge is 0.305 e. The van der Waals surface area contributed by atoms with Gasteiger partial charge in [-0.25, -0.2) is 0 Å². The molecule has 0 bridgehead atoms. The Balaban J connectivity index is 2.35. The molecule has 1 N–H and O–H groups in total. The van der Waals surface area contributed by atoms with Crippen molar-refractivity contribution < 1.29 is 0 Å². The lowest BCUT2D eigenvalue weighted by Crippen LogP contribution is -2.24. The Kier molecular flexibility index (Phi) is 4.69. The molecule has 0 radical (unpaired) electrons. The molecule has 2 aromatic rings. The molecule has 2 nitrogen and oxygen atoms in total. The van der Waals surface area contributed by atoms with Crippen molar-refractivity contribution in [3.63, 3.8) is 0 Å². The molecule has 1 atom stereocenters. The first-order valence-corrected chi connectivity index (χ1v) is 6.93. The lowest BCUT2D eigenvalue weighted by atomic mass is 10.00. The summed E-state index contributed by atoms with van der Waals surface area (Å²) >= 11 is 0. The topological polar surface area (TPSA) is 24.9 Å². The maximum Gasteiger partial charge on any atom is 0.0751 e. The molecule has 1 unspecified atom stereocenters. The number of nitrogens with zero attached hydrogens (tertiary/aromatic N) is 1. The molecule has 19 heavy (non-hydrogen) atoms. The van der Waals surface area contributed by atoms with Crippen LogP contribution in [0.5, 0.6) is 0 Å². The number of aryl methyl sites for hydroxylation is 2. The molecule has 100 valence electrons. The Hall–Kier alpha value is -1.67. The molecule has 1 aromatic carbocycles. The SMILES string of the molecule is CCCNC(c1cccc(C)c1)c1cc(C)ccn1. The zero-order valence-electron chi connectivity index (χ0n) is 12.0. The Morgan fingerprint density at radius 1 is 1.11 bits per heavy atom. The molecule has 0 aliphatic rings. The van der Waals surface area contributed by atoms with Gasteiger partial charge in [0.1, 0.15) is 0 Å². The average molecular weight is 254 g/mol. The van der Waals surface area contributed by atoms with Gasteiger partial charge >= 0.3 is 0 Å². The van der Waals surface area contributed by atoms with Gasteiger partial charge in [0.05, 0.1) is 11.7 Å². The van der Waals surface area contributed by atoms with Crippen LogP contribution >= 0.6 is 0 Å². The predicted molar refractivity (Wildman–Crippen MR) is 80.3 cm³/mol. The Morgan fingerprint density at radius 3 is 2.58 bits per heavy atom. The molecule has 0 saturated heterocycles. The molecule has 0 spiro atoms. The van der Waals surface area contributed by atoms with Crippen molar-refractivity contribution in [1.82, 2.24) is 10.3 Å². The number of pyridine rings is 1. The number of hydrogen-bond acceptors (Lipinski definition) is 2. The summed E-state index contributed by atoms with van der Waals surface area (Å²) in [7, 11) is 0. The fourth-order valence-corrected chi connectivity index (χ4v) is 2.25. The van der Waals surface area contributed by atoms with E-state index in [1.807, 2.05) is 12.3 Å². The van der Waals surface area contributed by atoms with Crippen molar-refractivity contribution >= 4 is 0 Å². The van der Waals surface area contributed by atoms with Gasteiger partial charge in [0, 0.05) is 6.20 Å². The highest BCUT2D eigenvalue weighted by molar-refractivity contribution is 5.32. The zero-order chi connectivity index (χ0) is 13.7. The molecule has 2 heteroatoms. The summed E-state index contributed by atoms with van der Waals surface area (Å²) in [6, 6.07) is 13.0. The van der Waals surface area contributed by atoms with Crippen LogP contribution in [-0.4, -0.2) is 11.5 Å². The monoisotopic (exact) mass is 254 g/mol. The minimum atomic E-state index is 0.180. The average Bonchev–Trinajstić information content (AvgIpc) is 2.39. The third-order valence-electron chi connectivity index (χ3n) is 3.21.